The first-order chi connectivity index (χ1) is 7.03. The lowest BCUT2D eigenvalue weighted by molar-refractivity contribution is 0.349. The second-order valence-corrected chi connectivity index (χ2v) is 5.79. The van der Waals surface area contributed by atoms with E-state index in [1.807, 2.05) is 13.8 Å². The van der Waals surface area contributed by atoms with E-state index in [-0.39, 0.29) is 6.04 Å². The summed E-state index contributed by atoms with van der Waals surface area (Å²) in [7, 11) is -3.31. The van der Waals surface area contributed by atoms with Crippen LogP contribution in [0.3, 0.4) is 0 Å². The van der Waals surface area contributed by atoms with Gasteiger partial charge in [-0.2, -0.15) is 12.7 Å². The van der Waals surface area contributed by atoms with Crippen LogP contribution >= 0.6 is 0 Å². The minimum atomic E-state index is -3.31. The Morgan fingerprint density at radius 3 is 2.73 bits per heavy atom. The van der Waals surface area contributed by atoms with Gasteiger partial charge in [0.15, 0.2) is 0 Å². The number of nitrogens with two attached hydrogens (primary N) is 1. The SMILES string of the molecule is CCCNS(=O)(=O)N1CCC(C)C1CN. The zero-order valence-corrected chi connectivity index (χ0v) is 10.3. The maximum Gasteiger partial charge on any atom is 0.279 e. The molecule has 0 aliphatic carbocycles. The highest BCUT2D eigenvalue weighted by molar-refractivity contribution is 7.87. The molecule has 1 fully saturated rings. The second kappa shape index (κ2) is 5.25. The highest BCUT2D eigenvalue weighted by Gasteiger charge is 2.37. The molecule has 5 nitrogen and oxygen atoms in total. The van der Waals surface area contributed by atoms with Crippen LogP contribution in [0.4, 0.5) is 0 Å². The Labute approximate surface area is 92.2 Å². The van der Waals surface area contributed by atoms with E-state index in [0.29, 0.717) is 25.6 Å². The number of rotatable bonds is 5. The van der Waals surface area contributed by atoms with Crippen LogP contribution in [0.2, 0.25) is 0 Å². The number of nitrogens with zero attached hydrogens (tertiary/aromatic N) is 1. The van der Waals surface area contributed by atoms with Gasteiger partial charge in [0.05, 0.1) is 0 Å². The Bertz CT molecular complexity index is 292. The van der Waals surface area contributed by atoms with Gasteiger partial charge in [0.25, 0.3) is 10.2 Å². The largest absolute Gasteiger partial charge is 0.329 e. The zero-order chi connectivity index (χ0) is 11.5. The summed E-state index contributed by atoms with van der Waals surface area (Å²) in [5, 5.41) is 0. The lowest BCUT2D eigenvalue weighted by Gasteiger charge is -2.24. The third kappa shape index (κ3) is 2.90. The van der Waals surface area contributed by atoms with Gasteiger partial charge in [-0.05, 0) is 18.8 Å². The molecule has 0 aromatic carbocycles. The molecule has 1 aliphatic heterocycles. The topological polar surface area (TPSA) is 75.4 Å². The molecule has 15 heavy (non-hydrogen) atoms. The van der Waals surface area contributed by atoms with Crippen LogP contribution in [-0.2, 0) is 10.2 Å². The van der Waals surface area contributed by atoms with Crippen LogP contribution < -0.4 is 10.5 Å². The summed E-state index contributed by atoms with van der Waals surface area (Å²) in [5.41, 5.74) is 5.61. The maximum absolute atomic E-state index is 11.9. The van der Waals surface area contributed by atoms with Crippen LogP contribution in [0.1, 0.15) is 26.7 Å². The van der Waals surface area contributed by atoms with Gasteiger partial charge in [-0.15, -0.1) is 0 Å². The van der Waals surface area contributed by atoms with Crippen LogP contribution in [0.15, 0.2) is 0 Å². The van der Waals surface area contributed by atoms with Crippen molar-refractivity contribution in [1.82, 2.24) is 9.03 Å². The average molecular weight is 235 g/mol. The molecule has 0 spiro atoms. The van der Waals surface area contributed by atoms with Gasteiger partial charge in [0.2, 0.25) is 0 Å². The molecule has 2 unspecified atom stereocenters. The van der Waals surface area contributed by atoms with Crippen molar-refractivity contribution in [1.29, 1.82) is 0 Å². The molecule has 0 aromatic heterocycles. The first kappa shape index (κ1) is 12.9. The van der Waals surface area contributed by atoms with Gasteiger partial charge in [0.1, 0.15) is 0 Å². The van der Waals surface area contributed by atoms with Gasteiger partial charge in [-0.3, -0.25) is 0 Å². The first-order valence-corrected chi connectivity index (χ1v) is 6.93. The smallest absolute Gasteiger partial charge is 0.279 e. The molecule has 2 atom stereocenters. The quantitative estimate of drug-likeness (QED) is 0.698. The number of hydrogen-bond donors (Lipinski definition) is 2. The molecule has 3 N–H and O–H groups in total. The Hall–Kier alpha value is -0.170. The Morgan fingerprint density at radius 2 is 2.20 bits per heavy atom. The molecule has 0 bridgehead atoms. The minimum Gasteiger partial charge on any atom is -0.329 e. The lowest BCUT2D eigenvalue weighted by Crippen LogP contribution is -2.47. The molecule has 6 heteroatoms. The van der Waals surface area contributed by atoms with Crippen LogP contribution in [0.25, 0.3) is 0 Å². The van der Waals surface area contributed by atoms with Gasteiger partial charge < -0.3 is 5.73 Å². The van der Waals surface area contributed by atoms with Gasteiger partial charge in [-0.25, -0.2) is 4.72 Å². The van der Waals surface area contributed by atoms with E-state index in [0.717, 1.165) is 12.8 Å². The van der Waals surface area contributed by atoms with E-state index in [4.69, 9.17) is 5.73 Å². The van der Waals surface area contributed by atoms with Crippen molar-refractivity contribution < 1.29 is 8.42 Å². The molecule has 1 aliphatic rings. The van der Waals surface area contributed by atoms with E-state index in [1.54, 1.807) is 0 Å². The van der Waals surface area contributed by atoms with Crippen molar-refractivity contribution in [2.45, 2.75) is 32.7 Å². The molecule has 0 saturated carbocycles. The summed E-state index contributed by atoms with van der Waals surface area (Å²) in [6.45, 7) is 5.46. The lowest BCUT2D eigenvalue weighted by atomic mass is 10.0. The van der Waals surface area contributed by atoms with E-state index in [2.05, 4.69) is 4.72 Å². The summed E-state index contributed by atoms with van der Waals surface area (Å²) in [6, 6.07) is -0.0423. The van der Waals surface area contributed by atoms with E-state index in [9.17, 15) is 8.42 Å². The van der Waals surface area contributed by atoms with Crippen molar-refractivity contribution in [3.8, 4) is 0 Å². The van der Waals surface area contributed by atoms with Crippen LogP contribution in [0, 0.1) is 5.92 Å². The fourth-order valence-electron chi connectivity index (χ4n) is 1.94. The fourth-order valence-corrected chi connectivity index (χ4v) is 3.56. The Kier molecular flexibility index (Phi) is 4.51. The monoisotopic (exact) mass is 235 g/mol. The maximum atomic E-state index is 11.9. The van der Waals surface area contributed by atoms with Crippen molar-refractivity contribution in [3.63, 3.8) is 0 Å². The summed E-state index contributed by atoms with van der Waals surface area (Å²) in [6.07, 6.45) is 1.70. The molecule has 0 radical (unpaired) electrons. The number of nitrogens with one attached hydrogen (secondary N) is 1. The summed E-state index contributed by atoms with van der Waals surface area (Å²) in [5.74, 6) is 0.355. The summed E-state index contributed by atoms with van der Waals surface area (Å²) < 4.78 is 27.8. The normalized spacial score (nSPS) is 28.5. The van der Waals surface area contributed by atoms with Crippen molar-refractivity contribution >= 4 is 10.2 Å². The predicted octanol–water partition coefficient (Wildman–Crippen LogP) is -0.100. The molecule has 0 amide bonds. The third-order valence-corrected chi connectivity index (χ3v) is 4.56. The first-order valence-electron chi connectivity index (χ1n) is 5.49. The van der Waals surface area contributed by atoms with Crippen molar-refractivity contribution in [2.75, 3.05) is 19.6 Å². The molecule has 1 heterocycles. The molecule has 0 aromatic rings. The Morgan fingerprint density at radius 1 is 1.53 bits per heavy atom. The molecule has 1 rings (SSSR count). The van der Waals surface area contributed by atoms with E-state index < -0.39 is 10.2 Å². The standard InChI is InChI=1S/C9H21N3O2S/c1-3-5-11-15(13,14)12-6-4-8(2)9(12)7-10/h8-9,11H,3-7,10H2,1-2H3. The number of hydrogen-bond acceptors (Lipinski definition) is 3. The fraction of sp³-hybridized carbons (Fsp3) is 1.00. The second-order valence-electron chi connectivity index (χ2n) is 4.08. The van der Waals surface area contributed by atoms with Gasteiger partial charge in [0, 0.05) is 25.7 Å². The third-order valence-electron chi connectivity index (χ3n) is 2.92. The van der Waals surface area contributed by atoms with Crippen LogP contribution in [-0.4, -0.2) is 38.4 Å². The zero-order valence-electron chi connectivity index (χ0n) is 9.44. The summed E-state index contributed by atoms with van der Waals surface area (Å²) >= 11 is 0. The minimum absolute atomic E-state index is 0.0423. The average Bonchev–Trinajstić information content (AvgIpc) is 2.57. The van der Waals surface area contributed by atoms with E-state index >= 15 is 0 Å². The van der Waals surface area contributed by atoms with Crippen molar-refractivity contribution in [2.24, 2.45) is 11.7 Å². The predicted molar refractivity (Wildman–Crippen MR) is 60.5 cm³/mol. The highest BCUT2D eigenvalue weighted by atomic mass is 32.2. The highest BCUT2D eigenvalue weighted by Crippen LogP contribution is 2.25. The Balaban J connectivity index is 2.70. The molecular weight excluding hydrogens is 214 g/mol. The van der Waals surface area contributed by atoms with Crippen LogP contribution in [0.5, 0.6) is 0 Å². The van der Waals surface area contributed by atoms with Gasteiger partial charge in [-0.1, -0.05) is 13.8 Å². The molecular formula is C9H21N3O2S. The molecule has 90 valence electrons. The van der Waals surface area contributed by atoms with Gasteiger partial charge >= 0.3 is 0 Å². The molecule has 1 saturated heterocycles. The summed E-state index contributed by atoms with van der Waals surface area (Å²) in [4.78, 5) is 0. The van der Waals surface area contributed by atoms with Crippen molar-refractivity contribution in [3.05, 3.63) is 0 Å². The van der Waals surface area contributed by atoms with E-state index in [1.165, 1.54) is 4.31 Å².